The monoisotopic (exact) mass is 281 g/mol. The van der Waals surface area contributed by atoms with E-state index in [0.717, 1.165) is 23.6 Å². The minimum Gasteiger partial charge on any atom is -0.355 e. The van der Waals surface area contributed by atoms with Gasteiger partial charge in [-0.1, -0.05) is 12.1 Å². The summed E-state index contributed by atoms with van der Waals surface area (Å²) in [6, 6.07) is 11.7. The number of benzene rings is 1. The van der Waals surface area contributed by atoms with E-state index in [0.29, 0.717) is 18.1 Å². The Morgan fingerprint density at radius 2 is 2.10 bits per heavy atom. The molecule has 21 heavy (non-hydrogen) atoms. The summed E-state index contributed by atoms with van der Waals surface area (Å²) in [5.41, 5.74) is 2.68. The van der Waals surface area contributed by atoms with Crippen LogP contribution in [0.1, 0.15) is 23.7 Å². The molecule has 0 unspecified atom stereocenters. The number of hydrogen-bond donors (Lipinski definition) is 1. The molecule has 0 saturated heterocycles. The van der Waals surface area contributed by atoms with Gasteiger partial charge < -0.3 is 10.2 Å². The Labute approximate surface area is 125 Å². The lowest BCUT2D eigenvalue weighted by Crippen LogP contribution is -2.19. The second kappa shape index (κ2) is 6.71. The van der Waals surface area contributed by atoms with Crippen molar-refractivity contribution in [2.75, 3.05) is 23.8 Å². The number of nitriles is 1. The molecular formula is C16H19N5. The van der Waals surface area contributed by atoms with Crippen LogP contribution in [0.25, 0.3) is 0 Å². The van der Waals surface area contributed by atoms with Crippen molar-refractivity contribution in [2.24, 2.45) is 0 Å². The lowest BCUT2D eigenvalue weighted by Gasteiger charge is -2.19. The van der Waals surface area contributed by atoms with E-state index in [1.54, 1.807) is 0 Å². The maximum atomic E-state index is 8.95. The summed E-state index contributed by atoms with van der Waals surface area (Å²) in [4.78, 5) is 10.9. The Morgan fingerprint density at radius 1 is 1.29 bits per heavy atom. The molecule has 2 aromatic rings. The van der Waals surface area contributed by atoms with Crippen molar-refractivity contribution in [3.05, 3.63) is 47.2 Å². The SMILES string of the molecule is CCNc1nc(C)cc(N(C)Cc2cccc(C#N)c2)n1. The van der Waals surface area contributed by atoms with Gasteiger partial charge in [-0.2, -0.15) is 10.2 Å². The molecular weight excluding hydrogens is 262 g/mol. The molecule has 1 heterocycles. The van der Waals surface area contributed by atoms with Crippen LogP contribution in [-0.2, 0) is 6.54 Å². The quantitative estimate of drug-likeness (QED) is 0.913. The zero-order valence-electron chi connectivity index (χ0n) is 12.6. The van der Waals surface area contributed by atoms with Gasteiger partial charge in [0.05, 0.1) is 11.6 Å². The fourth-order valence-corrected chi connectivity index (χ4v) is 2.08. The molecule has 1 aromatic heterocycles. The van der Waals surface area contributed by atoms with Crippen molar-refractivity contribution in [2.45, 2.75) is 20.4 Å². The standard InChI is InChI=1S/C16H19N5/c1-4-18-16-19-12(2)8-15(20-16)21(3)11-14-7-5-6-13(9-14)10-17/h5-9H,4,11H2,1-3H3,(H,18,19,20). The first-order valence-electron chi connectivity index (χ1n) is 6.92. The summed E-state index contributed by atoms with van der Waals surface area (Å²) >= 11 is 0. The van der Waals surface area contributed by atoms with Crippen molar-refractivity contribution < 1.29 is 0 Å². The molecule has 0 atom stereocenters. The van der Waals surface area contributed by atoms with Crippen LogP contribution >= 0.6 is 0 Å². The van der Waals surface area contributed by atoms with Crippen molar-refractivity contribution in [1.29, 1.82) is 5.26 Å². The summed E-state index contributed by atoms with van der Waals surface area (Å²) in [5.74, 6) is 1.51. The van der Waals surface area contributed by atoms with E-state index in [1.165, 1.54) is 0 Å². The minimum atomic E-state index is 0.644. The highest BCUT2D eigenvalue weighted by molar-refractivity contribution is 5.45. The zero-order valence-corrected chi connectivity index (χ0v) is 12.6. The third-order valence-corrected chi connectivity index (χ3v) is 3.04. The first-order chi connectivity index (χ1) is 10.1. The summed E-state index contributed by atoms with van der Waals surface area (Å²) in [5, 5.41) is 12.1. The molecule has 0 aliphatic rings. The molecule has 0 radical (unpaired) electrons. The van der Waals surface area contributed by atoms with Gasteiger partial charge in [-0.25, -0.2) is 4.98 Å². The number of aromatic nitrogens is 2. The first kappa shape index (κ1) is 14.8. The Hall–Kier alpha value is -2.61. The second-order valence-electron chi connectivity index (χ2n) is 4.89. The van der Waals surface area contributed by atoms with E-state index in [9.17, 15) is 0 Å². The Balaban J connectivity index is 2.19. The topological polar surface area (TPSA) is 64.8 Å². The molecule has 1 aromatic carbocycles. The molecule has 2 rings (SSSR count). The molecule has 0 amide bonds. The predicted molar refractivity (Wildman–Crippen MR) is 84.2 cm³/mol. The van der Waals surface area contributed by atoms with Crippen LogP contribution in [0.5, 0.6) is 0 Å². The highest BCUT2D eigenvalue weighted by Gasteiger charge is 2.07. The molecule has 5 heteroatoms. The lowest BCUT2D eigenvalue weighted by atomic mass is 10.1. The van der Waals surface area contributed by atoms with Crippen molar-refractivity contribution in [3.8, 4) is 6.07 Å². The average Bonchev–Trinajstić information content (AvgIpc) is 2.47. The van der Waals surface area contributed by atoms with Gasteiger partial charge in [0.15, 0.2) is 0 Å². The largest absolute Gasteiger partial charge is 0.355 e. The fraction of sp³-hybridized carbons (Fsp3) is 0.312. The van der Waals surface area contributed by atoms with E-state index >= 15 is 0 Å². The summed E-state index contributed by atoms with van der Waals surface area (Å²) in [6.45, 7) is 5.45. The van der Waals surface area contributed by atoms with Crippen LogP contribution < -0.4 is 10.2 Å². The summed E-state index contributed by atoms with van der Waals surface area (Å²) < 4.78 is 0. The van der Waals surface area contributed by atoms with Gasteiger partial charge in [-0.3, -0.25) is 0 Å². The molecule has 1 N–H and O–H groups in total. The Kier molecular flexibility index (Phi) is 4.72. The molecule has 0 bridgehead atoms. The van der Waals surface area contributed by atoms with Crippen LogP contribution in [-0.4, -0.2) is 23.6 Å². The molecule has 5 nitrogen and oxygen atoms in total. The van der Waals surface area contributed by atoms with Gasteiger partial charge in [0.2, 0.25) is 5.95 Å². The fourth-order valence-electron chi connectivity index (χ4n) is 2.08. The maximum Gasteiger partial charge on any atom is 0.224 e. The summed E-state index contributed by atoms with van der Waals surface area (Å²) in [6.07, 6.45) is 0. The van der Waals surface area contributed by atoms with Gasteiger partial charge in [0.25, 0.3) is 0 Å². The van der Waals surface area contributed by atoms with Gasteiger partial charge in [-0.05, 0) is 31.5 Å². The van der Waals surface area contributed by atoms with Gasteiger partial charge in [-0.15, -0.1) is 0 Å². The van der Waals surface area contributed by atoms with Crippen LogP contribution in [0.2, 0.25) is 0 Å². The van der Waals surface area contributed by atoms with E-state index in [1.807, 2.05) is 56.1 Å². The van der Waals surface area contributed by atoms with Crippen LogP contribution in [0.15, 0.2) is 30.3 Å². The number of aryl methyl sites for hydroxylation is 1. The average molecular weight is 281 g/mol. The van der Waals surface area contributed by atoms with Crippen LogP contribution in [0.4, 0.5) is 11.8 Å². The normalized spacial score (nSPS) is 10.0. The summed E-state index contributed by atoms with van der Waals surface area (Å²) in [7, 11) is 1.98. The lowest BCUT2D eigenvalue weighted by molar-refractivity contribution is 0.885. The smallest absolute Gasteiger partial charge is 0.224 e. The number of hydrogen-bond acceptors (Lipinski definition) is 5. The molecule has 0 saturated carbocycles. The number of nitrogens with one attached hydrogen (secondary N) is 1. The van der Waals surface area contributed by atoms with Gasteiger partial charge in [0.1, 0.15) is 5.82 Å². The highest BCUT2D eigenvalue weighted by atomic mass is 15.2. The maximum absolute atomic E-state index is 8.95. The third-order valence-electron chi connectivity index (χ3n) is 3.04. The zero-order chi connectivity index (χ0) is 15.2. The van der Waals surface area contributed by atoms with Crippen molar-refractivity contribution in [3.63, 3.8) is 0 Å². The van der Waals surface area contributed by atoms with Crippen LogP contribution in [0.3, 0.4) is 0 Å². The highest BCUT2D eigenvalue weighted by Crippen LogP contribution is 2.16. The van der Waals surface area contributed by atoms with Gasteiger partial charge >= 0.3 is 0 Å². The van der Waals surface area contributed by atoms with Gasteiger partial charge in [0, 0.05) is 31.9 Å². The van der Waals surface area contributed by atoms with Crippen molar-refractivity contribution >= 4 is 11.8 Å². The molecule has 0 spiro atoms. The number of nitrogens with zero attached hydrogens (tertiary/aromatic N) is 4. The Bertz CT molecular complexity index is 660. The number of anilines is 2. The third kappa shape index (κ3) is 3.93. The first-order valence-corrected chi connectivity index (χ1v) is 6.92. The molecule has 0 aliphatic carbocycles. The molecule has 0 fully saturated rings. The van der Waals surface area contributed by atoms with Crippen LogP contribution in [0, 0.1) is 18.3 Å². The molecule has 0 aliphatic heterocycles. The number of rotatable bonds is 5. The van der Waals surface area contributed by atoms with E-state index < -0.39 is 0 Å². The van der Waals surface area contributed by atoms with E-state index in [-0.39, 0.29) is 0 Å². The minimum absolute atomic E-state index is 0.644. The van der Waals surface area contributed by atoms with E-state index in [2.05, 4.69) is 21.4 Å². The van der Waals surface area contributed by atoms with Crippen molar-refractivity contribution in [1.82, 2.24) is 9.97 Å². The second-order valence-corrected chi connectivity index (χ2v) is 4.89. The Morgan fingerprint density at radius 3 is 2.81 bits per heavy atom. The van der Waals surface area contributed by atoms with E-state index in [4.69, 9.17) is 5.26 Å². The predicted octanol–water partition coefficient (Wildman–Crippen LogP) is 2.72. The molecule has 108 valence electrons.